The van der Waals surface area contributed by atoms with Crippen LogP contribution < -0.4 is 14.4 Å². The number of ketones is 1. The molecule has 0 aromatic heterocycles. The van der Waals surface area contributed by atoms with Gasteiger partial charge in [0.25, 0.3) is 11.7 Å². The van der Waals surface area contributed by atoms with Gasteiger partial charge in [0.05, 0.1) is 36.0 Å². The van der Waals surface area contributed by atoms with Gasteiger partial charge in [-0.1, -0.05) is 32.9 Å². The van der Waals surface area contributed by atoms with Crippen LogP contribution in [0.1, 0.15) is 69.8 Å². The van der Waals surface area contributed by atoms with Gasteiger partial charge in [-0.3, -0.25) is 14.5 Å². The number of anilines is 1. The van der Waals surface area contributed by atoms with Crippen molar-refractivity contribution < 1.29 is 24.2 Å². The molecule has 0 spiro atoms. The van der Waals surface area contributed by atoms with Crippen LogP contribution in [-0.2, 0) is 15.0 Å². The van der Waals surface area contributed by atoms with Crippen molar-refractivity contribution in [2.75, 3.05) is 11.5 Å². The SMILES string of the molecule is CCOc1ccc(/C(O)=C2/C(=O)C(=O)N(c3ccc(C#N)cc3)C2c2ccc(OC(C)C)cc2)cc1C(C)(C)C. The molecule has 40 heavy (non-hydrogen) atoms. The van der Waals surface area contributed by atoms with Gasteiger partial charge in [-0.15, -0.1) is 0 Å². The Morgan fingerprint density at radius 3 is 2.23 bits per heavy atom. The van der Waals surface area contributed by atoms with Crippen LogP contribution in [0, 0.1) is 11.3 Å². The number of carbonyl (C=O) groups is 2. The number of ether oxygens (including phenoxy) is 2. The van der Waals surface area contributed by atoms with E-state index in [2.05, 4.69) is 6.07 Å². The number of benzene rings is 3. The quantitative estimate of drug-likeness (QED) is 0.205. The minimum atomic E-state index is -0.898. The largest absolute Gasteiger partial charge is 0.507 e. The number of amides is 1. The average Bonchev–Trinajstić information content (AvgIpc) is 3.18. The van der Waals surface area contributed by atoms with Crippen molar-refractivity contribution in [1.82, 2.24) is 0 Å². The van der Waals surface area contributed by atoms with Crippen LogP contribution in [0.5, 0.6) is 11.5 Å². The van der Waals surface area contributed by atoms with Gasteiger partial charge >= 0.3 is 0 Å². The second-order valence-electron chi connectivity index (χ2n) is 11.0. The van der Waals surface area contributed by atoms with Crippen LogP contribution in [0.25, 0.3) is 5.76 Å². The molecule has 3 aromatic carbocycles. The summed E-state index contributed by atoms with van der Waals surface area (Å²) < 4.78 is 11.6. The van der Waals surface area contributed by atoms with Gasteiger partial charge in [0, 0.05) is 16.8 Å². The predicted molar refractivity (Wildman–Crippen MR) is 154 cm³/mol. The van der Waals surface area contributed by atoms with E-state index in [1.807, 2.05) is 47.6 Å². The fourth-order valence-electron chi connectivity index (χ4n) is 4.81. The molecule has 1 atom stereocenters. The smallest absolute Gasteiger partial charge is 0.300 e. The molecular weight excluding hydrogens is 504 g/mol. The Labute approximate surface area is 235 Å². The third-order valence-corrected chi connectivity index (χ3v) is 6.65. The summed E-state index contributed by atoms with van der Waals surface area (Å²) in [5, 5.41) is 20.9. The van der Waals surface area contributed by atoms with Gasteiger partial charge in [-0.2, -0.15) is 5.26 Å². The average molecular weight is 539 g/mol. The first-order chi connectivity index (χ1) is 19.0. The van der Waals surface area contributed by atoms with E-state index < -0.39 is 17.7 Å². The highest BCUT2D eigenvalue weighted by molar-refractivity contribution is 6.51. The van der Waals surface area contributed by atoms with E-state index in [9.17, 15) is 20.0 Å². The van der Waals surface area contributed by atoms with Gasteiger partial charge in [-0.25, -0.2) is 0 Å². The van der Waals surface area contributed by atoms with Gasteiger partial charge in [0.2, 0.25) is 0 Å². The molecule has 7 nitrogen and oxygen atoms in total. The lowest BCUT2D eigenvalue weighted by molar-refractivity contribution is -0.132. The molecule has 1 fully saturated rings. The highest BCUT2D eigenvalue weighted by atomic mass is 16.5. The zero-order chi connectivity index (χ0) is 29.2. The Balaban J connectivity index is 1.91. The topological polar surface area (TPSA) is 99.9 Å². The lowest BCUT2D eigenvalue weighted by Crippen LogP contribution is -2.29. The Hall–Kier alpha value is -4.57. The van der Waals surface area contributed by atoms with Crippen LogP contribution >= 0.6 is 0 Å². The molecule has 1 saturated heterocycles. The van der Waals surface area contributed by atoms with Crippen molar-refractivity contribution >= 4 is 23.1 Å². The standard InChI is InChI=1S/C33H34N2O5/c1-7-39-27-17-12-23(18-26(27)33(4,5)6)30(36)28-29(22-10-15-25(16-11-22)40-20(2)3)35(32(38)31(28)37)24-13-8-21(19-34)9-14-24/h8-18,20,29,36H,7H2,1-6H3/b30-28-. The predicted octanol–water partition coefficient (Wildman–Crippen LogP) is 6.67. The van der Waals surface area contributed by atoms with E-state index >= 15 is 0 Å². The maximum absolute atomic E-state index is 13.6. The molecule has 0 bridgehead atoms. The van der Waals surface area contributed by atoms with E-state index in [0.29, 0.717) is 40.5 Å². The third-order valence-electron chi connectivity index (χ3n) is 6.65. The zero-order valence-electron chi connectivity index (χ0n) is 23.7. The van der Waals surface area contributed by atoms with E-state index in [4.69, 9.17) is 9.47 Å². The molecule has 4 rings (SSSR count). The number of aliphatic hydroxyl groups excluding tert-OH is 1. The molecule has 206 valence electrons. The maximum Gasteiger partial charge on any atom is 0.300 e. The second-order valence-corrected chi connectivity index (χ2v) is 11.0. The lowest BCUT2D eigenvalue weighted by Gasteiger charge is -2.26. The second kappa shape index (κ2) is 11.3. The summed E-state index contributed by atoms with van der Waals surface area (Å²) in [4.78, 5) is 28.4. The van der Waals surface area contributed by atoms with Gasteiger partial charge in [0.1, 0.15) is 17.3 Å². The van der Waals surface area contributed by atoms with Gasteiger partial charge in [0.15, 0.2) is 0 Å². The molecule has 3 aromatic rings. The highest BCUT2D eigenvalue weighted by Gasteiger charge is 2.47. The van der Waals surface area contributed by atoms with Crippen molar-refractivity contribution in [1.29, 1.82) is 5.26 Å². The molecule has 1 amide bonds. The number of hydrogen-bond donors (Lipinski definition) is 1. The maximum atomic E-state index is 13.6. The lowest BCUT2D eigenvalue weighted by atomic mass is 9.84. The zero-order valence-corrected chi connectivity index (χ0v) is 23.7. The fourth-order valence-corrected chi connectivity index (χ4v) is 4.81. The van der Waals surface area contributed by atoms with Crippen molar-refractivity contribution in [3.05, 3.63) is 94.6 Å². The monoisotopic (exact) mass is 538 g/mol. The first-order valence-electron chi connectivity index (χ1n) is 13.3. The summed E-state index contributed by atoms with van der Waals surface area (Å²) in [6, 6.07) is 20.0. The third kappa shape index (κ3) is 5.57. The Kier molecular flexibility index (Phi) is 8.01. The van der Waals surface area contributed by atoms with E-state index in [1.165, 1.54) is 4.90 Å². The molecule has 0 saturated carbocycles. The minimum Gasteiger partial charge on any atom is -0.507 e. The number of nitriles is 1. The highest BCUT2D eigenvalue weighted by Crippen LogP contribution is 2.43. The minimum absolute atomic E-state index is 0.0177. The normalized spacial score (nSPS) is 16.8. The number of hydrogen-bond acceptors (Lipinski definition) is 6. The Bertz CT molecular complexity index is 1490. The summed E-state index contributed by atoms with van der Waals surface area (Å²) in [5.74, 6) is -0.478. The summed E-state index contributed by atoms with van der Waals surface area (Å²) in [5.41, 5.74) is 2.45. The van der Waals surface area contributed by atoms with E-state index in [0.717, 1.165) is 5.56 Å². The van der Waals surface area contributed by atoms with Crippen molar-refractivity contribution in [3.63, 3.8) is 0 Å². The van der Waals surface area contributed by atoms with Crippen LogP contribution in [0.4, 0.5) is 5.69 Å². The molecule has 1 aliphatic rings. The molecule has 0 radical (unpaired) electrons. The summed E-state index contributed by atoms with van der Waals surface area (Å²) in [6.45, 7) is 12.4. The summed E-state index contributed by atoms with van der Waals surface area (Å²) in [7, 11) is 0. The molecule has 7 heteroatoms. The first kappa shape index (κ1) is 28.4. The van der Waals surface area contributed by atoms with E-state index in [1.54, 1.807) is 60.7 Å². The van der Waals surface area contributed by atoms with Crippen LogP contribution in [0.3, 0.4) is 0 Å². The first-order valence-corrected chi connectivity index (χ1v) is 13.3. The fraction of sp³-hybridized carbons (Fsp3) is 0.303. The number of nitrogens with zero attached hydrogens (tertiary/aromatic N) is 2. The van der Waals surface area contributed by atoms with Crippen LogP contribution in [0.15, 0.2) is 72.3 Å². The number of carbonyl (C=O) groups excluding carboxylic acids is 2. The van der Waals surface area contributed by atoms with Crippen molar-refractivity contribution in [2.24, 2.45) is 0 Å². The molecule has 1 N–H and O–H groups in total. The Morgan fingerprint density at radius 1 is 1.02 bits per heavy atom. The molecular formula is C33H34N2O5. The number of Topliss-reactive ketones (excluding diaryl/α,β-unsaturated/α-hetero) is 1. The molecule has 1 heterocycles. The molecule has 1 unspecified atom stereocenters. The van der Waals surface area contributed by atoms with Crippen molar-refractivity contribution in [2.45, 2.75) is 59.1 Å². The van der Waals surface area contributed by atoms with E-state index in [-0.39, 0.29) is 22.9 Å². The van der Waals surface area contributed by atoms with Crippen molar-refractivity contribution in [3.8, 4) is 17.6 Å². The molecule has 1 aliphatic heterocycles. The number of rotatable bonds is 7. The summed E-state index contributed by atoms with van der Waals surface area (Å²) >= 11 is 0. The number of aliphatic hydroxyl groups is 1. The van der Waals surface area contributed by atoms with Gasteiger partial charge in [-0.05, 0) is 86.3 Å². The van der Waals surface area contributed by atoms with Crippen LogP contribution in [-0.4, -0.2) is 29.5 Å². The summed E-state index contributed by atoms with van der Waals surface area (Å²) in [6.07, 6.45) is -0.0215. The molecule has 0 aliphatic carbocycles. The van der Waals surface area contributed by atoms with Gasteiger partial charge < -0.3 is 14.6 Å². The Morgan fingerprint density at radius 2 is 1.68 bits per heavy atom. The van der Waals surface area contributed by atoms with Crippen LogP contribution in [0.2, 0.25) is 0 Å².